The van der Waals surface area contributed by atoms with E-state index in [1.807, 2.05) is 21.1 Å². The molecular formula is C80H140NO8P. The van der Waals surface area contributed by atoms with Crippen LogP contribution in [0.3, 0.4) is 0 Å². The number of quaternary nitrogens is 1. The zero-order chi connectivity index (χ0) is 65.5. The molecule has 0 aliphatic carbocycles. The van der Waals surface area contributed by atoms with Crippen LogP contribution in [0.25, 0.3) is 0 Å². The average Bonchev–Trinajstić information content (AvgIpc) is 3.62. The molecule has 0 bridgehead atoms. The highest BCUT2D eigenvalue weighted by Crippen LogP contribution is 2.38. The van der Waals surface area contributed by atoms with Gasteiger partial charge in [-0.3, -0.25) is 14.2 Å². The number of unbranched alkanes of at least 4 members (excludes halogenated alkanes) is 34. The minimum Gasteiger partial charge on any atom is -0.756 e. The van der Waals surface area contributed by atoms with Crippen molar-refractivity contribution in [3.05, 3.63) is 122 Å². The highest BCUT2D eigenvalue weighted by atomic mass is 31.2. The zero-order valence-electron chi connectivity index (χ0n) is 59.1. The van der Waals surface area contributed by atoms with E-state index in [0.717, 1.165) is 116 Å². The van der Waals surface area contributed by atoms with Gasteiger partial charge in [0.2, 0.25) is 0 Å². The Kier molecular flexibility index (Phi) is 67.0. The Morgan fingerprint density at radius 2 is 0.600 bits per heavy atom. The molecule has 0 aromatic carbocycles. The molecule has 0 rings (SSSR count). The summed E-state index contributed by atoms with van der Waals surface area (Å²) in [5.41, 5.74) is 0. The summed E-state index contributed by atoms with van der Waals surface area (Å²) in [6.07, 6.45) is 100. The van der Waals surface area contributed by atoms with Crippen LogP contribution in [0.15, 0.2) is 122 Å². The summed E-state index contributed by atoms with van der Waals surface area (Å²) in [5, 5.41) is 0. The van der Waals surface area contributed by atoms with Crippen molar-refractivity contribution in [2.24, 2.45) is 0 Å². The van der Waals surface area contributed by atoms with Crippen LogP contribution in [-0.4, -0.2) is 70.0 Å². The molecule has 518 valence electrons. The van der Waals surface area contributed by atoms with Gasteiger partial charge in [0.25, 0.3) is 7.82 Å². The van der Waals surface area contributed by atoms with Crippen molar-refractivity contribution in [2.45, 2.75) is 328 Å². The predicted octanol–water partition coefficient (Wildman–Crippen LogP) is 24.0. The molecule has 0 fully saturated rings. The maximum Gasteiger partial charge on any atom is 0.306 e. The maximum atomic E-state index is 12.9. The molecule has 0 heterocycles. The second kappa shape index (κ2) is 69.7. The number of allylic oxidation sites excluding steroid dienone is 20. The molecule has 0 radical (unpaired) electrons. The molecule has 0 aromatic heterocycles. The number of hydrogen-bond acceptors (Lipinski definition) is 8. The van der Waals surface area contributed by atoms with Gasteiger partial charge in [0.1, 0.15) is 19.8 Å². The fourth-order valence-corrected chi connectivity index (χ4v) is 11.1. The first kappa shape index (κ1) is 86.4. The van der Waals surface area contributed by atoms with E-state index in [2.05, 4.69) is 135 Å². The molecule has 0 aliphatic rings. The summed E-state index contributed by atoms with van der Waals surface area (Å²) in [6, 6.07) is 0. The lowest BCUT2D eigenvalue weighted by atomic mass is 10.0. The van der Waals surface area contributed by atoms with Crippen LogP contribution in [0.4, 0.5) is 0 Å². The van der Waals surface area contributed by atoms with Crippen molar-refractivity contribution < 1.29 is 42.1 Å². The van der Waals surface area contributed by atoms with Crippen LogP contribution in [-0.2, 0) is 32.7 Å². The summed E-state index contributed by atoms with van der Waals surface area (Å²) < 4.78 is 34.3. The second-order valence-electron chi connectivity index (χ2n) is 25.9. The number of phosphoric acid groups is 1. The van der Waals surface area contributed by atoms with Crippen LogP contribution in [0.1, 0.15) is 322 Å². The third-order valence-corrected chi connectivity index (χ3v) is 16.9. The first-order valence-corrected chi connectivity index (χ1v) is 38.7. The van der Waals surface area contributed by atoms with Crippen molar-refractivity contribution in [1.82, 2.24) is 0 Å². The van der Waals surface area contributed by atoms with E-state index in [4.69, 9.17) is 18.5 Å². The number of esters is 2. The number of carbonyl (C=O) groups is 2. The lowest BCUT2D eigenvalue weighted by molar-refractivity contribution is -0.870. The third kappa shape index (κ3) is 73.5. The standard InChI is InChI=1S/C80H140NO8P/c1-6-8-10-12-14-16-18-20-22-24-26-28-30-32-33-34-35-36-37-38-39-40-41-42-43-44-45-46-47-49-51-53-55-57-59-61-63-65-67-69-71-73-80(83)89-78(77-88-90(84,85)87-75-74-81(3,4)5)76-86-79(82)72-70-68-66-64-62-60-58-56-54-52-50-48-31-29-27-25-23-21-19-17-15-13-11-9-7-2/h8-11,14-17,20-23,26-29,32-33,48,50,78H,6-7,12-13,18-19,24-25,30-31,34-47,49,51-77H2,1-5H3/b10-8-,11-9-,16-14-,17-15-,22-20-,23-21-,28-26-,29-27-,33-32-,50-48-. The molecule has 90 heavy (non-hydrogen) atoms. The highest BCUT2D eigenvalue weighted by molar-refractivity contribution is 7.45. The van der Waals surface area contributed by atoms with Gasteiger partial charge in [-0.1, -0.05) is 328 Å². The van der Waals surface area contributed by atoms with Gasteiger partial charge in [-0.25, -0.2) is 0 Å². The molecule has 0 amide bonds. The van der Waals surface area contributed by atoms with Gasteiger partial charge in [0, 0.05) is 12.8 Å². The molecule has 10 heteroatoms. The minimum absolute atomic E-state index is 0.0346. The molecule has 0 saturated heterocycles. The molecule has 0 spiro atoms. The fraction of sp³-hybridized carbons (Fsp3) is 0.725. The van der Waals surface area contributed by atoms with Gasteiger partial charge >= 0.3 is 11.9 Å². The zero-order valence-corrected chi connectivity index (χ0v) is 59.9. The third-order valence-electron chi connectivity index (χ3n) is 16.0. The van der Waals surface area contributed by atoms with Gasteiger partial charge in [0.05, 0.1) is 27.7 Å². The number of likely N-dealkylation sites (N-methyl/N-ethyl adjacent to an activating group) is 1. The van der Waals surface area contributed by atoms with Gasteiger partial charge < -0.3 is 27.9 Å². The SMILES string of the molecule is CC/C=C\C/C=C\C/C=C\C/C=C\C/C=C\CCCCCCCCCCCCCCCCCCCCCCCCCCCC(=O)OC(COC(=O)CCCCCCCCCCC/C=C\C/C=C\C/C=C\C/C=C\C/C=C\CC)COP(=O)([O-])OCC[N+](C)(C)C. The lowest BCUT2D eigenvalue weighted by Crippen LogP contribution is -2.37. The van der Waals surface area contributed by atoms with Crippen molar-refractivity contribution in [3.8, 4) is 0 Å². The first-order chi connectivity index (χ1) is 44.0. The topological polar surface area (TPSA) is 111 Å². The smallest absolute Gasteiger partial charge is 0.306 e. The number of rotatable bonds is 68. The predicted molar refractivity (Wildman–Crippen MR) is 388 cm³/mol. The summed E-state index contributed by atoms with van der Waals surface area (Å²) in [4.78, 5) is 38.1. The van der Waals surface area contributed by atoms with Crippen molar-refractivity contribution in [1.29, 1.82) is 0 Å². The van der Waals surface area contributed by atoms with Crippen LogP contribution in [0, 0.1) is 0 Å². The Morgan fingerprint density at radius 1 is 0.344 bits per heavy atom. The van der Waals surface area contributed by atoms with E-state index in [1.54, 1.807) is 0 Å². The average molecular weight is 1270 g/mol. The van der Waals surface area contributed by atoms with E-state index >= 15 is 0 Å². The summed E-state index contributed by atoms with van der Waals surface area (Å²) in [6.45, 7) is 4.03. The monoisotopic (exact) mass is 1270 g/mol. The molecule has 2 atom stereocenters. The number of hydrogen-bond donors (Lipinski definition) is 0. The van der Waals surface area contributed by atoms with Crippen molar-refractivity contribution in [3.63, 3.8) is 0 Å². The molecule has 0 saturated carbocycles. The molecule has 0 N–H and O–H groups in total. The minimum atomic E-state index is -4.65. The van der Waals surface area contributed by atoms with Crippen LogP contribution < -0.4 is 4.89 Å². The molecule has 0 aromatic rings. The van der Waals surface area contributed by atoms with E-state index in [1.165, 1.54) is 173 Å². The van der Waals surface area contributed by atoms with Crippen LogP contribution in [0.5, 0.6) is 0 Å². The Bertz CT molecular complexity index is 1940. The molecule has 2 unspecified atom stereocenters. The number of nitrogens with zero attached hydrogens (tertiary/aromatic N) is 1. The Labute approximate surface area is 556 Å². The quantitative estimate of drug-likeness (QED) is 0.0195. The van der Waals surface area contributed by atoms with Gasteiger partial charge in [-0.05, 0) is 103 Å². The highest BCUT2D eigenvalue weighted by Gasteiger charge is 2.22. The Hall–Kier alpha value is -3.59. The van der Waals surface area contributed by atoms with Gasteiger partial charge in [-0.15, -0.1) is 0 Å². The second-order valence-corrected chi connectivity index (χ2v) is 27.3. The fourth-order valence-electron chi connectivity index (χ4n) is 10.4. The van der Waals surface area contributed by atoms with Gasteiger partial charge in [0.15, 0.2) is 6.10 Å². The lowest BCUT2D eigenvalue weighted by Gasteiger charge is -2.28. The summed E-state index contributed by atoms with van der Waals surface area (Å²) in [5.74, 6) is -0.833. The maximum absolute atomic E-state index is 12.9. The number of phosphoric ester groups is 1. The molecule has 9 nitrogen and oxygen atoms in total. The molecular weight excluding hydrogens is 1130 g/mol. The number of carbonyl (C=O) groups excluding carboxylic acids is 2. The number of ether oxygens (including phenoxy) is 2. The summed E-state index contributed by atoms with van der Waals surface area (Å²) >= 11 is 0. The summed E-state index contributed by atoms with van der Waals surface area (Å²) in [7, 11) is 1.16. The van der Waals surface area contributed by atoms with Crippen LogP contribution >= 0.6 is 7.82 Å². The van der Waals surface area contributed by atoms with Crippen molar-refractivity contribution >= 4 is 19.8 Å². The largest absolute Gasteiger partial charge is 0.756 e. The Morgan fingerprint density at radius 3 is 0.889 bits per heavy atom. The normalized spacial score (nSPS) is 13.8. The van der Waals surface area contributed by atoms with Gasteiger partial charge in [-0.2, -0.15) is 0 Å². The van der Waals surface area contributed by atoms with E-state index in [0.29, 0.717) is 17.4 Å². The van der Waals surface area contributed by atoms with Crippen LogP contribution in [0.2, 0.25) is 0 Å². The Balaban J connectivity index is 3.95. The molecule has 0 aliphatic heterocycles. The van der Waals surface area contributed by atoms with E-state index in [9.17, 15) is 19.0 Å². The van der Waals surface area contributed by atoms with E-state index in [-0.39, 0.29) is 32.0 Å². The van der Waals surface area contributed by atoms with Crippen molar-refractivity contribution in [2.75, 3.05) is 47.5 Å². The first-order valence-electron chi connectivity index (χ1n) is 37.2. The van der Waals surface area contributed by atoms with E-state index < -0.39 is 26.5 Å².